The predicted molar refractivity (Wildman–Crippen MR) is 97.4 cm³/mol. The van der Waals surface area contributed by atoms with Gasteiger partial charge in [-0.05, 0) is 32.1 Å². The van der Waals surface area contributed by atoms with Crippen LogP contribution in [0.1, 0.15) is 24.7 Å². The summed E-state index contributed by atoms with van der Waals surface area (Å²) in [6.45, 7) is 11.4. The Hall–Kier alpha value is -1.05. The summed E-state index contributed by atoms with van der Waals surface area (Å²) in [5, 5.41) is 10.5. The molecule has 1 aromatic heterocycles. The molecule has 5 N–H and O–H groups in total. The molecule has 1 aromatic rings. The summed E-state index contributed by atoms with van der Waals surface area (Å²) >= 11 is 0. The second kappa shape index (κ2) is 13.4. The number of nitrogens with zero attached hydrogens (tertiary/aromatic N) is 2. The van der Waals surface area contributed by atoms with E-state index in [0.29, 0.717) is 0 Å². The average Bonchev–Trinajstić information content (AvgIpc) is 2.59. The first-order valence-corrected chi connectivity index (χ1v) is 8.75. The number of nitrogens with two attached hydrogens (primary N) is 1. The van der Waals surface area contributed by atoms with Crippen molar-refractivity contribution in [3.8, 4) is 0 Å². The molecule has 0 atom stereocenters. The Balaban J connectivity index is 0.00000127. The Morgan fingerprint density at radius 1 is 1.09 bits per heavy atom. The lowest BCUT2D eigenvalue weighted by Gasteiger charge is -2.23. The van der Waals surface area contributed by atoms with Crippen LogP contribution in [0.15, 0.2) is 18.2 Å². The number of pyridine rings is 1. The Labute approximate surface area is 141 Å². The van der Waals surface area contributed by atoms with Crippen molar-refractivity contribution in [1.29, 1.82) is 0 Å². The molecule has 0 amide bonds. The Kier molecular flexibility index (Phi) is 11.6. The number of rotatable bonds is 5. The van der Waals surface area contributed by atoms with Crippen LogP contribution in [0.25, 0.3) is 0 Å². The van der Waals surface area contributed by atoms with Crippen molar-refractivity contribution in [2.45, 2.75) is 26.4 Å². The third-order valence-electron chi connectivity index (χ3n) is 3.72. The van der Waals surface area contributed by atoms with Gasteiger partial charge in [0.25, 0.3) is 0 Å². The van der Waals surface area contributed by atoms with E-state index in [-0.39, 0.29) is 0 Å². The molecular formula is C17H34N6. The van der Waals surface area contributed by atoms with Gasteiger partial charge in [0.05, 0.1) is 11.4 Å². The molecule has 2 bridgehead atoms. The molecule has 2 rings (SSSR count). The molecule has 1 aliphatic rings. The van der Waals surface area contributed by atoms with E-state index >= 15 is 0 Å². The fourth-order valence-electron chi connectivity index (χ4n) is 2.51. The number of aromatic nitrogens is 1. The summed E-state index contributed by atoms with van der Waals surface area (Å²) in [4.78, 5) is 7.17. The third-order valence-corrected chi connectivity index (χ3v) is 3.72. The lowest BCUT2D eigenvalue weighted by atomic mass is 10.3. The summed E-state index contributed by atoms with van der Waals surface area (Å²) in [5.74, 6) is 0. The van der Waals surface area contributed by atoms with Crippen molar-refractivity contribution in [2.75, 3.05) is 52.9 Å². The number of hydrogen-bond acceptors (Lipinski definition) is 6. The van der Waals surface area contributed by atoms with E-state index in [0.717, 1.165) is 70.3 Å². The number of hydrogen-bond donors (Lipinski definition) is 4. The van der Waals surface area contributed by atoms with Gasteiger partial charge in [0.15, 0.2) is 0 Å². The van der Waals surface area contributed by atoms with Crippen LogP contribution >= 0.6 is 0 Å². The highest BCUT2D eigenvalue weighted by Crippen LogP contribution is 2.00. The largest absolute Gasteiger partial charge is 0.333 e. The third kappa shape index (κ3) is 8.98. The van der Waals surface area contributed by atoms with Gasteiger partial charge in [-0.1, -0.05) is 13.0 Å². The van der Waals surface area contributed by atoms with Crippen LogP contribution < -0.4 is 21.7 Å². The van der Waals surface area contributed by atoms with Crippen LogP contribution in [0.4, 0.5) is 0 Å². The molecular weight excluding hydrogens is 288 g/mol. The highest BCUT2D eigenvalue weighted by molar-refractivity contribution is 5.11. The zero-order valence-corrected chi connectivity index (χ0v) is 14.8. The minimum Gasteiger partial charge on any atom is -0.333 e. The van der Waals surface area contributed by atoms with Crippen LogP contribution in [0.2, 0.25) is 0 Å². The average molecular weight is 323 g/mol. The van der Waals surface area contributed by atoms with Crippen molar-refractivity contribution in [3.05, 3.63) is 29.6 Å². The zero-order chi connectivity index (χ0) is 16.8. The second-order valence-electron chi connectivity index (χ2n) is 5.57. The van der Waals surface area contributed by atoms with Crippen LogP contribution in [0.5, 0.6) is 0 Å². The molecule has 0 aliphatic carbocycles. The fourth-order valence-corrected chi connectivity index (χ4v) is 2.51. The van der Waals surface area contributed by atoms with E-state index in [2.05, 4.69) is 56.7 Å². The van der Waals surface area contributed by atoms with Crippen LogP contribution in [-0.2, 0) is 13.1 Å². The quantitative estimate of drug-likeness (QED) is 0.578. The number of fused-ring (bicyclic) bond motifs is 2. The molecule has 132 valence electrons. The normalized spacial score (nSPS) is 16.7. The molecule has 1 aliphatic heterocycles. The summed E-state index contributed by atoms with van der Waals surface area (Å²) in [6, 6.07) is 6.28. The Morgan fingerprint density at radius 2 is 1.70 bits per heavy atom. The van der Waals surface area contributed by atoms with Crippen molar-refractivity contribution in [2.24, 2.45) is 5.73 Å². The topological polar surface area (TPSA) is 78.2 Å². The molecule has 0 saturated carbocycles. The van der Waals surface area contributed by atoms with Gasteiger partial charge in [0, 0.05) is 52.4 Å². The second-order valence-corrected chi connectivity index (χ2v) is 5.57. The maximum Gasteiger partial charge on any atom is 0.0545 e. The van der Waals surface area contributed by atoms with Gasteiger partial charge >= 0.3 is 0 Å². The Morgan fingerprint density at radius 3 is 2.26 bits per heavy atom. The molecule has 0 unspecified atom stereocenters. The SMILES string of the molecule is CCCNCCN1CCNCc2cccc(n2)CNCC1.CN. The van der Waals surface area contributed by atoms with Gasteiger partial charge in [-0.15, -0.1) is 0 Å². The molecule has 6 nitrogen and oxygen atoms in total. The van der Waals surface area contributed by atoms with E-state index < -0.39 is 0 Å². The van der Waals surface area contributed by atoms with Crippen molar-refractivity contribution in [3.63, 3.8) is 0 Å². The Bertz CT molecular complexity index is 371. The molecule has 0 aromatic carbocycles. The van der Waals surface area contributed by atoms with Gasteiger partial charge in [-0.3, -0.25) is 9.88 Å². The zero-order valence-electron chi connectivity index (χ0n) is 14.8. The molecule has 23 heavy (non-hydrogen) atoms. The molecule has 0 spiro atoms. The van der Waals surface area contributed by atoms with Gasteiger partial charge in [-0.2, -0.15) is 0 Å². The van der Waals surface area contributed by atoms with Gasteiger partial charge in [0.2, 0.25) is 0 Å². The lowest BCUT2D eigenvalue weighted by molar-refractivity contribution is 0.270. The minimum absolute atomic E-state index is 0.857. The summed E-state index contributed by atoms with van der Waals surface area (Å²) < 4.78 is 0. The van der Waals surface area contributed by atoms with Crippen LogP contribution in [-0.4, -0.2) is 62.7 Å². The first-order valence-electron chi connectivity index (χ1n) is 8.75. The maximum absolute atomic E-state index is 4.65. The summed E-state index contributed by atoms with van der Waals surface area (Å²) in [6.07, 6.45) is 1.20. The van der Waals surface area contributed by atoms with E-state index in [9.17, 15) is 0 Å². The number of nitrogens with one attached hydrogen (secondary N) is 3. The molecule has 2 heterocycles. The lowest BCUT2D eigenvalue weighted by Crippen LogP contribution is -2.40. The first-order chi connectivity index (χ1) is 11.4. The van der Waals surface area contributed by atoms with Gasteiger partial charge < -0.3 is 21.7 Å². The van der Waals surface area contributed by atoms with E-state index in [1.807, 2.05) is 0 Å². The van der Waals surface area contributed by atoms with Crippen LogP contribution in [0, 0.1) is 0 Å². The molecule has 6 heteroatoms. The maximum atomic E-state index is 4.65. The van der Waals surface area contributed by atoms with E-state index in [1.165, 1.54) is 13.5 Å². The van der Waals surface area contributed by atoms with Crippen molar-refractivity contribution in [1.82, 2.24) is 25.8 Å². The van der Waals surface area contributed by atoms with E-state index in [4.69, 9.17) is 0 Å². The predicted octanol–water partition coefficient (Wildman–Crippen LogP) is 0.151. The van der Waals surface area contributed by atoms with E-state index in [1.54, 1.807) is 0 Å². The van der Waals surface area contributed by atoms with Crippen LogP contribution in [0.3, 0.4) is 0 Å². The molecule has 0 fully saturated rings. The monoisotopic (exact) mass is 322 g/mol. The summed E-state index contributed by atoms with van der Waals surface area (Å²) in [7, 11) is 1.50. The van der Waals surface area contributed by atoms with Gasteiger partial charge in [-0.25, -0.2) is 0 Å². The van der Waals surface area contributed by atoms with Crippen molar-refractivity contribution >= 4 is 0 Å². The molecule has 0 radical (unpaired) electrons. The highest BCUT2D eigenvalue weighted by atomic mass is 15.2. The summed E-state index contributed by atoms with van der Waals surface area (Å²) in [5.41, 5.74) is 6.76. The first kappa shape index (κ1) is 20.0. The highest BCUT2D eigenvalue weighted by Gasteiger charge is 2.06. The smallest absolute Gasteiger partial charge is 0.0545 e. The molecule has 0 saturated heterocycles. The fraction of sp³-hybridized carbons (Fsp3) is 0.706. The minimum atomic E-state index is 0.857. The van der Waals surface area contributed by atoms with Gasteiger partial charge in [0.1, 0.15) is 0 Å². The standard InChI is InChI=1S/C16H29N5.CH5N/c1-2-6-17-7-10-21-11-8-18-13-15-4-3-5-16(20-15)14-19-9-12-21;1-2/h3-5,17-19H,2,6-14H2,1H3;2H2,1H3. The van der Waals surface area contributed by atoms with Crippen molar-refractivity contribution < 1.29 is 0 Å².